The topological polar surface area (TPSA) is 75.7 Å². The monoisotopic (exact) mass is 375 g/mol. The van der Waals surface area contributed by atoms with E-state index in [0.717, 1.165) is 36.3 Å². The predicted molar refractivity (Wildman–Crippen MR) is 109 cm³/mol. The third kappa shape index (κ3) is 2.93. The number of aromatic nitrogens is 3. The summed E-state index contributed by atoms with van der Waals surface area (Å²) in [7, 11) is 0. The minimum Gasteiger partial charge on any atom is -0.422 e. The van der Waals surface area contributed by atoms with E-state index in [4.69, 9.17) is 4.42 Å². The molecule has 1 aromatic carbocycles. The van der Waals surface area contributed by atoms with Crippen molar-refractivity contribution in [1.29, 1.82) is 0 Å². The molecule has 7 nitrogen and oxygen atoms in total. The van der Waals surface area contributed by atoms with Crippen molar-refractivity contribution < 1.29 is 4.42 Å². The highest BCUT2D eigenvalue weighted by Crippen LogP contribution is 2.25. The highest BCUT2D eigenvalue weighted by molar-refractivity contribution is 5.84. The van der Waals surface area contributed by atoms with E-state index in [0.29, 0.717) is 28.7 Å². The highest BCUT2D eigenvalue weighted by Gasteiger charge is 2.17. The molecular formula is C21H21N5O2. The van der Waals surface area contributed by atoms with Crippen LogP contribution in [0.4, 0.5) is 5.69 Å². The number of anilines is 1. The lowest BCUT2D eigenvalue weighted by atomic mass is 10.1. The largest absolute Gasteiger partial charge is 0.422 e. The Morgan fingerprint density at radius 2 is 2.14 bits per heavy atom. The molecule has 142 valence electrons. The number of nitrogens with one attached hydrogen (secondary N) is 1. The average molecular weight is 375 g/mol. The number of benzene rings is 1. The van der Waals surface area contributed by atoms with Gasteiger partial charge in [-0.05, 0) is 37.6 Å². The zero-order chi connectivity index (χ0) is 19.3. The van der Waals surface area contributed by atoms with Gasteiger partial charge in [0.25, 0.3) is 0 Å². The Morgan fingerprint density at radius 3 is 3.00 bits per heavy atom. The average Bonchev–Trinajstić information content (AvgIpc) is 3.10. The van der Waals surface area contributed by atoms with Crippen molar-refractivity contribution in [2.75, 3.05) is 24.5 Å². The third-order valence-electron chi connectivity index (χ3n) is 5.17. The maximum Gasteiger partial charge on any atom is 0.345 e. The lowest BCUT2D eigenvalue weighted by Gasteiger charge is -2.33. The van der Waals surface area contributed by atoms with Crippen molar-refractivity contribution in [3.63, 3.8) is 0 Å². The number of aryl methyl sites for hydroxylation is 1. The summed E-state index contributed by atoms with van der Waals surface area (Å²) in [6.45, 7) is 6.95. The normalized spacial score (nSPS) is 17.5. The molecule has 4 heterocycles. The van der Waals surface area contributed by atoms with Crippen LogP contribution in [0.3, 0.4) is 0 Å². The second kappa shape index (κ2) is 6.45. The first kappa shape index (κ1) is 16.9. The van der Waals surface area contributed by atoms with E-state index in [-0.39, 0.29) is 0 Å². The molecule has 5 rings (SSSR count). The maximum absolute atomic E-state index is 12.7. The number of rotatable bonds is 2. The molecule has 28 heavy (non-hydrogen) atoms. The molecule has 0 bridgehead atoms. The first-order chi connectivity index (χ1) is 13.6. The van der Waals surface area contributed by atoms with Gasteiger partial charge in [0.1, 0.15) is 5.58 Å². The summed E-state index contributed by atoms with van der Waals surface area (Å²) < 4.78 is 7.48. The van der Waals surface area contributed by atoms with E-state index in [1.807, 2.05) is 41.9 Å². The molecule has 1 aliphatic heterocycles. The van der Waals surface area contributed by atoms with E-state index in [2.05, 4.69) is 33.2 Å². The minimum atomic E-state index is -0.390. The van der Waals surface area contributed by atoms with Gasteiger partial charge in [-0.2, -0.15) is 0 Å². The smallest absolute Gasteiger partial charge is 0.345 e. The van der Waals surface area contributed by atoms with Crippen LogP contribution in [0.15, 0.2) is 52.1 Å². The van der Waals surface area contributed by atoms with Crippen LogP contribution in [0, 0.1) is 6.92 Å². The van der Waals surface area contributed by atoms with Gasteiger partial charge >= 0.3 is 5.63 Å². The number of piperazine rings is 1. The second-order valence-corrected chi connectivity index (χ2v) is 7.44. The van der Waals surface area contributed by atoms with Gasteiger partial charge < -0.3 is 14.6 Å². The quantitative estimate of drug-likeness (QED) is 0.543. The number of nitrogens with zero attached hydrogens (tertiary/aromatic N) is 4. The fourth-order valence-electron chi connectivity index (χ4n) is 3.76. The highest BCUT2D eigenvalue weighted by atomic mass is 16.4. The van der Waals surface area contributed by atoms with Crippen LogP contribution in [0.5, 0.6) is 0 Å². The Bertz CT molecular complexity index is 1240. The van der Waals surface area contributed by atoms with Crippen molar-refractivity contribution >= 4 is 22.4 Å². The number of fused-ring (bicyclic) bond motifs is 2. The molecular weight excluding hydrogens is 354 g/mol. The summed E-state index contributed by atoms with van der Waals surface area (Å²) in [5.74, 6) is 0.559. The summed E-state index contributed by atoms with van der Waals surface area (Å²) in [4.78, 5) is 23.7. The molecule has 4 aromatic rings. The molecule has 7 heteroatoms. The van der Waals surface area contributed by atoms with Gasteiger partial charge in [0.15, 0.2) is 0 Å². The molecule has 1 saturated heterocycles. The van der Waals surface area contributed by atoms with E-state index in [9.17, 15) is 4.79 Å². The Morgan fingerprint density at radius 1 is 1.25 bits per heavy atom. The maximum atomic E-state index is 12.7. The molecule has 1 atom stereocenters. The molecule has 0 saturated carbocycles. The van der Waals surface area contributed by atoms with Crippen molar-refractivity contribution in [3.8, 4) is 11.3 Å². The number of hydrogen-bond donors (Lipinski definition) is 1. The van der Waals surface area contributed by atoms with Crippen LogP contribution in [0.25, 0.3) is 28.0 Å². The van der Waals surface area contributed by atoms with Crippen molar-refractivity contribution in [2.45, 2.75) is 19.9 Å². The van der Waals surface area contributed by atoms with Crippen molar-refractivity contribution in [1.82, 2.24) is 19.7 Å². The number of imidazole rings is 1. The summed E-state index contributed by atoms with van der Waals surface area (Å²) in [6.07, 6.45) is 5.50. The Kier molecular flexibility index (Phi) is 3.91. The first-order valence-electron chi connectivity index (χ1n) is 9.45. The fourth-order valence-corrected chi connectivity index (χ4v) is 3.76. The zero-order valence-corrected chi connectivity index (χ0v) is 15.8. The zero-order valence-electron chi connectivity index (χ0n) is 15.8. The van der Waals surface area contributed by atoms with Crippen LogP contribution in [-0.4, -0.2) is 40.0 Å². The molecule has 1 fully saturated rings. The Labute approximate surface area is 161 Å². The Hall–Kier alpha value is -3.19. The lowest BCUT2D eigenvalue weighted by molar-refractivity contribution is 0.484. The van der Waals surface area contributed by atoms with Gasteiger partial charge in [0, 0.05) is 61.4 Å². The number of hydrogen-bond acceptors (Lipinski definition) is 6. The van der Waals surface area contributed by atoms with Gasteiger partial charge in [-0.3, -0.25) is 4.40 Å². The summed E-state index contributed by atoms with van der Waals surface area (Å²) in [6, 6.07) is 8.32. The molecule has 1 unspecified atom stereocenters. The van der Waals surface area contributed by atoms with Crippen LogP contribution in [0.1, 0.15) is 12.5 Å². The molecule has 0 spiro atoms. The molecule has 0 aliphatic carbocycles. The van der Waals surface area contributed by atoms with Gasteiger partial charge in [-0.25, -0.2) is 14.8 Å². The summed E-state index contributed by atoms with van der Waals surface area (Å²) in [5, 5.41) is 4.32. The van der Waals surface area contributed by atoms with Crippen LogP contribution in [0.2, 0.25) is 0 Å². The third-order valence-corrected chi connectivity index (χ3v) is 5.17. The van der Waals surface area contributed by atoms with Crippen molar-refractivity contribution in [2.24, 2.45) is 0 Å². The molecule has 1 N–H and O–H groups in total. The van der Waals surface area contributed by atoms with Crippen LogP contribution in [-0.2, 0) is 0 Å². The second-order valence-electron chi connectivity index (χ2n) is 7.44. The van der Waals surface area contributed by atoms with Gasteiger partial charge in [-0.15, -0.1) is 0 Å². The summed E-state index contributed by atoms with van der Waals surface area (Å²) in [5.41, 5.74) is 3.31. The van der Waals surface area contributed by atoms with Gasteiger partial charge in [-0.1, -0.05) is 0 Å². The van der Waals surface area contributed by atoms with Crippen molar-refractivity contribution in [3.05, 3.63) is 58.8 Å². The van der Waals surface area contributed by atoms with Gasteiger partial charge in [0.2, 0.25) is 5.78 Å². The van der Waals surface area contributed by atoms with Crippen LogP contribution >= 0.6 is 0 Å². The molecule has 0 amide bonds. The molecule has 1 aliphatic rings. The van der Waals surface area contributed by atoms with E-state index >= 15 is 0 Å². The van der Waals surface area contributed by atoms with Gasteiger partial charge in [0.05, 0.1) is 11.3 Å². The summed E-state index contributed by atoms with van der Waals surface area (Å²) >= 11 is 0. The Balaban J connectivity index is 1.56. The first-order valence-corrected chi connectivity index (χ1v) is 9.45. The minimum absolute atomic E-state index is 0.390. The molecule has 0 radical (unpaired) electrons. The lowest BCUT2D eigenvalue weighted by Crippen LogP contribution is -2.49. The standard InChI is InChI=1S/C21H21N5O2/c1-13-9-23-21-24-18(12-26(21)10-13)17-7-15-3-4-16(8-19(15)28-20(17)27)25-6-5-22-14(2)11-25/h3-4,7-10,12,14,22H,5-6,11H2,1-2H3. The van der Waals surface area contributed by atoms with E-state index in [1.54, 1.807) is 6.20 Å². The van der Waals surface area contributed by atoms with Crippen LogP contribution < -0.4 is 15.8 Å². The predicted octanol–water partition coefficient (Wildman–Crippen LogP) is 2.61. The fraction of sp³-hybridized carbons (Fsp3) is 0.286. The molecule has 3 aromatic heterocycles. The van der Waals surface area contributed by atoms with E-state index < -0.39 is 5.63 Å². The van der Waals surface area contributed by atoms with E-state index in [1.165, 1.54) is 0 Å². The SMILES string of the molecule is Cc1cnc2nc(-c3cc4ccc(N5CCNC(C)C5)cc4oc3=O)cn2c1.